The van der Waals surface area contributed by atoms with Gasteiger partial charge >= 0.3 is 0 Å². The number of ether oxygens (including phenoxy) is 1. The number of hydrogen-bond donors (Lipinski definition) is 3. The van der Waals surface area contributed by atoms with Crippen LogP contribution in [0.4, 0.5) is 17.2 Å². The van der Waals surface area contributed by atoms with Gasteiger partial charge in [-0.05, 0) is 25.0 Å². The number of nitrogens with zero attached hydrogens (tertiary/aromatic N) is 4. The average molecular weight is 456 g/mol. The zero-order valence-electron chi connectivity index (χ0n) is 17.8. The quantitative estimate of drug-likeness (QED) is 0.500. The molecule has 1 fully saturated rings. The summed E-state index contributed by atoms with van der Waals surface area (Å²) in [7, 11) is 4.79. The minimum absolute atomic E-state index is 0.00815. The first-order chi connectivity index (χ1) is 15.4. The summed E-state index contributed by atoms with van der Waals surface area (Å²) in [5, 5.41) is 21.4. The molecule has 2 heterocycles. The Balaban J connectivity index is 1.72. The maximum atomic E-state index is 12.4. The molecule has 1 aliphatic carbocycles. The van der Waals surface area contributed by atoms with Gasteiger partial charge in [0.1, 0.15) is 5.15 Å². The third kappa shape index (κ3) is 4.35. The highest BCUT2D eigenvalue weighted by molar-refractivity contribution is 6.29. The third-order valence-electron chi connectivity index (χ3n) is 5.02. The van der Waals surface area contributed by atoms with E-state index in [0.717, 1.165) is 12.8 Å². The van der Waals surface area contributed by atoms with Crippen molar-refractivity contribution < 1.29 is 14.3 Å². The van der Waals surface area contributed by atoms with Crippen LogP contribution in [0.15, 0.2) is 30.3 Å². The molecule has 2 amide bonds. The highest BCUT2D eigenvalue weighted by Crippen LogP contribution is 2.38. The number of amides is 2. The van der Waals surface area contributed by atoms with Crippen molar-refractivity contribution in [2.24, 2.45) is 13.0 Å². The number of benzene rings is 1. The standard InChI is InChI=1S/C21H22ClN7O3/c1-23-21(31)18-15(10-17(26-27-18)25-20(30)11-7-8-11)24-13-6-4-5-12(19(13)32-3)14-9-16(22)29(2)28-14/h4-6,9-11H,7-8H2,1-3H3,(H,23,31)(H2,24,25,26,30). The molecule has 1 aromatic carbocycles. The number of halogens is 1. The largest absolute Gasteiger partial charge is 0.494 e. The third-order valence-corrected chi connectivity index (χ3v) is 5.38. The number of hydrogen-bond acceptors (Lipinski definition) is 7. The first-order valence-electron chi connectivity index (χ1n) is 9.96. The zero-order valence-corrected chi connectivity index (χ0v) is 18.5. The molecule has 10 nitrogen and oxygen atoms in total. The molecule has 0 bridgehead atoms. The molecule has 0 saturated heterocycles. The van der Waals surface area contributed by atoms with E-state index in [0.29, 0.717) is 33.5 Å². The molecule has 166 valence electrons. The van der Waals surface area contributed by atoms with Gasteiger partial charge in [0, 0.05) is 37.7 Å². The van der Waals surface area contributed by atoms with E-state index in [1.807, 2.05) is 12.1 Å². The summed E-state index contributed by atoms with van der Waals surface area (Å²) in [5.74, 6) is 0.235. The predicted octanol–water partition coefficient (Wildman–Crippen LogP) is 2.99. The second kappa shape index (κ2) is 8.83. The van der Waals surface area contributed by atoms with Gasteiger partial charge in [-0.1, -0.05) is 17.7 Å². The molecular weight excluding hydrogens is 434 g/mol. The number of rotatable bonds is 7. The number of carbonyl (C=O) groups excluding carboxylic acids is 2. The minimum atomic E-state index is -0.424. The van der Waals surface area contributed by atoms with Crippen LogP contribution < -0.4 is 20.7 Å². The summed E-state index contributed by atoms with van der Waals surface area (Å²) in [6.07, 6.45) is 1.73. The van der Waals surface area contributed by atoms with Crippen molar-refractivity contribution in [3.05, 3.63) is 41.2 Å². The van der Waals surface area contributed by atoms with Crippen LogP contribution in [-0.4, -0.2) is 45.9 Å². The number of para-hydroxylation sites is 1. The summed E-state index contributed by atoms with van der Waals surface area (Å²) < 4.78 is 7.21. The molecule has 1 aliphatic rings. The van der Waals surface area contributed by atoms with Gasteiger partial charge in [-0.25, -0.2) is 0 Å². The maximum absolute atomic E-state index is 12.4. The van der Waals surface area contributed by atoms with Gasteiger partial charge in [0.25, 0.3) is 5.91 Å². The zero-order chi connectivity index (χ0) is 22.8. The number of nitrogens with one attached hydrogen (secondary N) is 3. The Morgan fingerprint density at radius 2 is 1.97 bits per heavy atom. The van der Waals surface area contributed by atoms with E-state index >= 15 is 0 Å². The molecule has 2 aromatic heterocycles. The van der Waals surface area contributed by atoms with Crippen LogP contribution in [0.2, 0.25) is 5.15 Å². The summed E-state index contributed by atoms with van der Waals surface area (Å²) >= 11 is 6.15. The fraction of sp³-hybridized carbons (Fsp3) is 0.286. The Hall–Kier alpha value is -3.66. The topological polar surface area (TPSA) is 123 Å². The molecule has 32 heavy (non-hydrogen) atoms. The monoisotopic (exact) mass is 455 g/mol. The Bertz CT molecular complexity index is 1170. The second-order valence-electron chi connectivity index (χ2n) is 7.32. The van der Waals surface area contributed by atoms with Gasteiger partial charge in [0.2, 0.25) is 5.91 Å². The van der Waals surface area contributed by atoms with Crippen molar-refractivity contribution in [3.8, 4) is 17.0 Å². The minimum Gasteiger partial charge on any atom is -0.494 e. The molecule has 0 radical (unpaired) electrons. The first kappa shape index (κ1) is 21.6. The Labute approximate surface area is 189 Å². The van der Waals surface area contributed by atoms with Gasteiger partial charge in [-0.3, -0.25) is 14.3 Å². The fourth-order valence-electron chi connectivity index (χ4n) is 3.19. The predicted molar refractivity (Wildman–Crippen MR) is 120 cm³/mol. The molecular formula is C21H22ClN7O3. The summed E-state index contributed by atoms with van der Waals surface area (Å²) in [4.78, 5) is 24.5. The molecule has 1 saturated carbocycles. The van der Waals surface area contributed by atoms with Crippen LogP contribution in [0.25, 0.3) is 11.3 Å². The van der Waals surface area contributed by atoms with E-state index in [4.69, 9.17) is 16.3 Å². The number of anilines is 3. The smallest absolute Gasteiger partial charge is 0.273 e. The summed E-state index contributed by atoms with van der Waals surface area (Å²) in [5.41, 5.74) is 2.36. The molecule has 3 N–H and O–H groups in total. The van der Waals surface area contributed by atoms with Crippen molar-refractivity contribution in [1.29, 1.82) is 0 Å². The SMILES string of the molecule is CNC(=O)c1nnc(NC(=O)C2CC2)cc1Nc1cccc(-c2cc(Cl)n(C)n2)c1OC. The molecule has 4 rings (SSSR count). The van der Waals surface area contributed by atoms with Crippen LogP contribution in [-0.2, 0) is 11.8 Å². The van der Waals surface area contributed by atoms with E-state index in [2.05, 4.69) is 31.2 Å². The summed E-state index contributed by atoms with van der Waals surface area (Å²) in [6.45, 7) is 0. The van der Waals surface area contributed by atoms with E-state index in [9.17, 15) is 9.59 Å². The number of aromatic nitrogens is 4. The van der Waals surface area contributed by atoms with Crippen LogP contribution in [0.1, 0.15) is 23.3 Å². The van der Waals surface area contributed by atoms with Crippen molar-refractivity contribution in [3.63, 3.8) is 0 Å². The van der Waals surface area contributed by atoms with E-state index in [1.54, 1.807) is 37.0 Å². The molecule has 0 spiro atoms. The second-order valence-corrected chi connectivity index (χ2v) is 7.71. The highest BCUT2D eigenvalue weighted by atomic mass is 35.5. The van der Waals surface area contributed by atoms with Gasteiger partial charge in [0.15, 0.2) is 17.3 Å². The van der Waals surface area contributed by atoms with Crippen LogP contribution in [0.5, 0.6) is 5.75 Å². The molecule has 0 aliphatic heterocycles. The molecule has 0 atom stereocenters. The lowest BCUT2D eigenvalue weighted by Crippen LogP contribution is -2.22. The van der Waals surface area contributed by atoms with Crippen molar-refractivity contribution in [2.45, 2.75) is 12.8 Å². The van der Waals surface area contributed by atoms with Gasteiger partial charge < -0.3 is 20.7 Å². The van der Waals surface area contributed by atoms with E-state index < -0.39 is 5.91 Å². The normalized spacial score (nSPS) is 12.9. The fourth-order valence-corrected chi connectivity index (χ4v) is 3.33. The Morgan fingerprint density at radius 1 is 1.19 bits per heavy atom. The van der Waals surface area contributed by atoms with Gasteiger partial charge in [-0.2, -0.15) is 5.10 Å². The highest BCUT2D eigenvalue weighted by Gasteiger charge is 2.30. The van der Waals surface area contributed by atoms with E-state index in [1.165, 1.54) is 7.05 Å². The van der Waals surface area contributed by atoms with Gasteiger partial charge in [-0.15, -0.1) is 10.2 Å². The number of carbonyl (C=O) groups is 2. The summed E-state index contributed by atoms with van der Waals surface area (Å²) in [6, 6.07) is 8.78. The van der Waals surface area contributed by atoms with Crippen LogP contribution in [0, 0.1) is 5.92 Å². The average Bonchev–Trinajstić information content (AvgIpc) is 3.58. The lowest BCUT2D eigenvalue weighted by atomic mass is 10.1. The number of aryl methyl sites for hydroxylation is 1. The molecule has 3 aromatic rings. The van der Waals surface area contributed by atoms with E-state index in [-0.39, 0.29) is 23.3 Å². The first-order valence-corrected chi connectivity index (χ1v) is 10.3. The van der Waals surface area contributed by atoms with Crippen LogP contribution >= 0.6 is 11.6 Å². The Morgan fingerprint density at radius 3 is 2.59 bits per heavy atom. The molecule has 0 unspecified atom stereocenters. The van der Waals surface area contributed by atoms with Gasteiger partial charge in [0.05, 0.1) is 24.2 Å². The Kier molecular flexibility index (Phi) is 5.95. The van der Waals surface area contributed by atoms with Crippen molar-refractivity contribution in [2.75, 3.05) is 24.8 Å². The van der Waals surface area contributed by atoms with Crippen molar-refractivity contribution >= 4 is 40.6 Å². The van der Waals surface area contributed by atoms with Crippen LogP contribution in [0.3, 0.4) is 0 Å². The van der Waals surface area contributed by atoms with Crippen molar-refractivity contribution in [1.82, 2.24) is 25.3 Å². The lowest BCUT2D eigenvalue weighted by molar-refractivity contribution is -0.117. The number of methoxy groups -OCH3 is 1. The maximum Gasteiger partial charge on any atom is 0.273 e. The lowest BCUT2D eigenvalue weighted by Gasteiger charge is -2.16. The molecule has 11 heteroatoms.